The number of hydrogen-bond donors (Lipinski definition) is 1. The van der Waals surface area contributed by atoms with Crippen LogP contribution in [0.1, 0.15) is 19.4 Å². The standard InChI is InChI=1S/C12H12BrNO4S3/c1-7-11(4-10(20-7)12(15)16)21(17,18)14(2)5-9-3-8(13)6-19-9/h3-4,6H,5H2,1-2H3,(H,15,16). The molecule has 2 heterocycles. The Balaban J connectivity index is 2.30. The highest BCUT2D eigenvalue weighted by atomic mass is 79.9. The highest BCUT2D eigenvalue weighted by molar-refractivity contribution is 9.10. The van der Waals surface area contributed by atoms with Gasteiger partial charge in [0.1, 0.15) is 4.88 Å². The van der Waals surface area contributed by atoms with E-state index >= 15 is 0 Å². The topological polar surface area (TPSA) is 74.7 Å². The predicted molar refractivity (Wildman–Crippen MR) is 86.7 cm³/mol. The molecule has 0 bridgehead atoms. The van der Waals surface area contributed by atoms with Crippen LogP contribution in [0.5, 0.6) is 0 Å². The lowest BCUT2D eigenvalue weighted by atomic mass is 10.4. The third kappa shape index (κ3) is 3.54. The molecule has 2 rings (SSSR count). The second-order valence-corrected chi connectivity index (χ2v) is 9.51. The molecule has 0 aliphatic heterocycles. The zero-order valence-corrected chi connectivity index (χ0v) is 15.2. The van der Waals surface area contributed by atoms with Crippen LogP contribution in [0, 0.1) is 6.92 Å². The van der Waals surface area contributed by atoms with Gasteiger partial charge in [-0.25, -0.2) is 13.2 Å². The maximum atomic E-state index is 12.5. The van der Waals surface area contributed by atoms with Crippen molar-refractivity contribution in [1.82, 2.24) is 4.31 Å². The molecule has 2 aromatic rings. The Morgan fingerprint density at radius 1 is 1.43 bits per heavy atom. The lowest BCUT2D eigenvalue weighted by Gasteiger charge is -2.16. The molecule has 0 saturated heterocycles. The molecule has 1 N–H and O–H groups in total. The number of carboxylic acids is 1. The van der Waals surface area contributed by atoms with Crippen molar-refractivity contribution in [2.45, 2.75) is 18.4 Å². The fourth-order valence-electron chi connectivity index (χ4n) is 1.74. The van der Waals surface area contributed by atoms with Gasteiger partial charge in [-0.1, -0.05) is 0 Å². The van der Waals surface area contributed by atoms with Gasteiger partial charge in [-0.3, -0.25) is 0 Å². The zero-order chi connectivity index (χ0) is 15.8. The summed E-state index contributed by atoms with van der Waals surface area (Å²) >= 11 is 5.75. The molecule has 0 aliphatic carbocycles. The molecular formula is C12H12BrNO4S3. The highest BCUT2D eigenvalue weighted by Gasteiger charge is 2.26. The van der Waals surface area contributed by atoms with E-state index in [0.29, 0.717) is 4.88 Å². The molecule has 114 valence electrons. The number of aromatic carboxylic acids is 1. The first kappa shape index (κ1) is 16.6. The van der Waals surface area contributed by atoms with E-state index in [9.17, 15) is 13.2 Å². The number of carboxylic acid groups (broad SMARTS) is 1. The van der Waals surface area contributed by atoms with E-state index in [1.165, 1.54) is 28.8 Å². The third-order valence-corrected chi connectivity index (χ3v) is 7.55. The van der Waals surface area contributed by atoms with Crippen molar-refractivity contribution in [1.29, 1.82) is 0 Å². The molecule has 0 aromatic carbocycles. The summed E-state index contributed by atoms with van der Waals surface area (Å²) in [6.07, 6.45) is 0. The van der Waals surface area contributed by atoms with Crippen LogP contribution in [0.4, 0.5) is 0 Å². The van der Waals surface area contributed by atoms with Gasteiger partial charge in [-0.15, -0.1) is 22.7 Å². The summed E-state index contributed by atoms with van der Waals surface area (Å²) in [7, 11) is -2.21. The van der Waals surface area contributed by atoms with Crippen LogP contribution in [0.2, 0.25) is 0 Å². The predicted octanol–water partition coefficient (Wildman–Crippen LogP) is 3.40. The Kier molecular flexibility index (Phi) is 4.89. The van der Waals surface area contributed by atoms with E-state index in [1.807, 2.05) is 11.4 Å². The number of hydrogen-bond acceptors (Lipinski definition) is 5. The molecule has 0 atom stereocenters. The smallest absolute Gasteiger partial charge is 0.345 e. The van der Waals surface area contributed by atoms with Gasteiger partial charge in [0, 0.05) is 33.2 Å². The monoisotopic (exact) mass is 409 g/mol. The summed E-state index contributed by atoms with van der Waals surface area (Å²) in [5, 5.41) is 10.8. The third-order valence-electron chi connectivity index (χ3n) is 2.77. The average molecular weight is 410 g/mol. The summed E-state index contributed by atoms with van der Waals surface area (Å²) < 4.78 is 27.2. The Morgan fingerprint density at radius 2 is 2.10 bits per heavy atom. The van der Waals surface area contributed by atoms with E-state index < -0.39 is 16.0 Å². The minimum absolute atomic E-state index is 0.0262. The largest absolute Gasteiger partial charge is 0.477 e. The number of rotatable bonds is 5. The number of thiophene rings is 2. The quantitative estimate of drug-likeness (QED) is 0.820. The molecule has 9 heteroatoms. The molecule has 0 saturated carbocycles. The van der Waals surface area contributed by atoms with Crippen LogP contribution in [-0.2, 0) is 16.6 Å². The zero-order valence-electron chi connectivity index (χ0n) is 11.2. The maximum absolute atomic E-state index is 12.5. The summed E-state index contributed by atoms with van der Waals surface area (Å²) in [5.41, 5.74) is 0. The molecular weight excluding hydrogens is 398 g/mol. The highest BCUT2D eigenvalue weighted by Crippen LogP contribution is 2.29. The number of sulfonamides is 1. The number of nitrogens with zero attached hydrogens (tertiary/aromatic N) is 1. The van der Waals surface area contributed by atoms with Gasteiger partial charge < -0.3 is 5.11 Å². The fourth-order valence-corrected chi connectivity index (χ4v) is 5.86. The van der Waals surface area contributed by atoms with E-state index in [0.717, 1.165) is 20.7 Å². The van der Waals surface area contributed by atoms with E-state index in [4.69, 9.17) is 5.11 Å². The number of halogens is 1. The first-order valence-corrected chi connectivity index (χ1v) is 9.67. The Bertz CT molecular complexity index is 778. The molecule has 2 aromatic heterocycles. The van der Waals surface area contributed by atoms with E-state index in [-0.39, 0.29) is 16.3 Å². The van der Waals surface area contributed by atoms with Crippen molar-refractivity contribution in [2.75, 3.05) is 7.05 Å². The van der Waals surface area contributed by atoms with Gasteiger partial charge in [0.25, 0.3) is 0 Å². The Labute approximate surface area is 139 Å². The molecule has 0 spiro atoms. The average Bonchev–Trinajstić information content (AvgIpc) is 2.96. The normalized spacial score (nSPS) is 12.0. The molecule has 5 nitrogen and oxygen atoms in total. The minimum Gasteiger partial charge on any atom is -0.477 e. The van der Waals surface area contributed by atoms with Gasteiger partial charge in [-0.05, 0) is 35.0 Å². The van der Waals surface area contributed by atoms with Gasteiger partial charge in [0.15, 0.2) is 0 Å². The van der Waals surface area contributed by atoms with Crippen molar-refractivity contribution < 1.29 is 18.3 Å². The Hall–Kier alpha value is -0.740. The second kappa shape index (κ2) is 6.17. The molecule has 0 fully saturated rings. The molecule has 0 aliphatic rings. The van der Waals surface area contributed by atoms with Crippen LogP contribution in [0.3, 0.4) is 0 Å². The lowest BCUT2D eigenvalue weighted by molar-refractivity contribution is 0.0702. The summed E-state index contributed by atoms with van der Waals surface area (Å²) in [5.74, 6) is -1.12. The summed E-state index contributed by atoms with van der Waals surface area (Å²) in [6.45, 7) is 1.86. The van der Waals surface area contributed by atoms with Gasteiger partial charge >= 0.3 is 5.97 Å². The first-order chi connectivity index (χ1) is 9.71. The minimum atomic E-state index is -3.70. The first-order valence-electron chi connectivity index (χ1n) is 5.75. The van der Waals surface area contributed by atoms with Gasteiger partial charge in [0.05, 0.1) is 4.90 Å². The second-order valence-electron chi connectivity index (χ2n) is 4.33. The fraction of sp³-hybridized carbons (Fsp3) is 0.250. The van der Waals surface area contributed by atoms with E-state index in [2.05, 4.69) is 15.9 Å². The number of aryl methyl sites for hydroxylation is 1. The summed E-state index contributed by atoms with van der Waals surface area (Å²) in [4.78, 5) is 12.4. The molecule has 0 amide bonds. The molecule has 0 radical (unpaired) electrons. The summed E-state index contributed by atoms with van der Waals surface area (Å²) in [6, 6.07) is 3.08. The Morgan fingerprint density at radius 3 is 2.57 bits per heavy atom. The van der Waals surface area contributed by atoms with E-state index in [1.54, 1.807) is 6.92 Å². The maximum Gasteiger partial charge on any atom is 0.345 e. The van der Waals surface area contributed by atoms with Crippen molar-refractivity contribution in [3.8, 4) is 0 Å². The molecule has 0 unspecified atom stereocenters. The van der Waals surface area contributed by atoms with Crippen molar-refractivity contribution in [3.63, 3.8) is 0 Å². The van der Waals surface area contributed by atoms with Gasteiger partial charge in [-0.2, -0.15) is 4.31 Å². The van der Waals surface area contributed by atoms with Crippen molar-refractivity contribution in [3.05, 3.63) is 36.6 Å². The lowest BCUT2D eigenvalue weighted by Crippen LogP contribution is -2.26. The van der Waals surface area contributed by atoms with Crippen LogP contribution in [-0.4, -0.2) is 30.8 Å². The SMILES string of the molecule is Cc1sc(C(=O)O)cc1S(=O)(=O)N(C)Cc1cc(Br)cs1. The van der Waals surface area contributed by atoms with Crippen molar-refractivity contribution >= 4 is 54.6 Å². The van der Waals surface area contributed by atoms with Crippen LogP contribution in [0.25, 0.3) is 0 Å². The van der Waals surface area contributed by atoms with Crippen molar-refractivity contribution in [2.24, 2.45) is 0 Å². The number of carbonyl (C=O) groups is 1. The molecule has 21 heavy (non-hydrogen) atoms. The van der Waals surface area contributed by atoms with Crippen LogP contribution < -0.4 is 0 Å². The van der Waals surface area contributed by atoms with Gasteiger partial charge in [0.2, 0.25) is 10.0 Å². The van der Waals surface area contributed by atoms with Crippen LogP contribution >= 0.6 is 38.6 Å². The van der Waals surface area contributed by atoms with Crippen LogP contribution in [0.15, 0.2) is 26.9 Å².